The lowest BCUT2D eigenvalue weighted by molar-refractivity contribution is -0.113. The number of aromatic nitrogens is 1. The fraction of sp³-hybridized carbons (Fsp3) is 0.0741. The number of thioether (sulfide) groups is 1. The molecule has 0 unspecified atom stereocenters. The molecule has 1 N–H and O–H groups in total. The SMILES string of the molecule is Cc1ccc(-c2cc(-c3ccccc3)c(C#N)c(SCC(=O)Nc3ccccc3)n2)cc1. The van der Waals surface area contributed by atoms with Crippen LogP contribution in [0.15, 0.2) is 96.0 Å². The van der Waals surface area contributed by atoms with E-state index < -0.39 is 0 Å². The number of para-hydroxylation sites is 1. The Morgan fingerprint density at radius 3 is 2.25 bits per heavy atom. The third-order valence-electron chi connectivity index (χ3n) is 4.93. The smallest absolute Gasteiger partial charge is 0.234 e. The van der Waals surface area contributed by atoms with Crippen molar-refractivity contribution in [2.24, 2.45) is 0 Å². The maximum Gasteiger partial charge on any atom is 0.234 e. The zero-order valence-corrected chi connectivity index (χ0v) is 18.4. The number of nitriles is 1. The summed E-state index contributed by atoms with van der Waals surface area (Å²) in [5.41, 5.74) is 5.87. The molecule has 4 nitrogen and oxygen atoms in total. The van der Waals surface area contributed by atoms with Gasteiger partial charge in [0.2, 0.25) is 5.91 Å². The average Bonchev–Trinajstić information content (AvgIpc) is 2.84. The Kier molecular flexibility index (Phi) is 6.64. The molecule has 0 aliphatic carbocycles. The topological polar surface area (TPSA) is 65.8 Å². The van der Waals surface area contributed by atoms with E-state index in [-0.39, 0.29) is 11.7 Å². The summed E-state index contributed by atoms with van der Waals surface area (Å²) in [7, 11) is 0. The van der Waals surface area contributed by atoms with Crippen LogP contribution in [-0.4, -0.2) is 16.6 Å². The number of hydrogen-bond acceptors (Lipinski definition) is 4. The van der Waals surface area contributed by atoms with Crippen molar-refractivity contribution in [2.45, 2.75) is 11.9 Å². The first kappa shape index (κ1) is 21.4. The Hall–Kier alpha value is -3.88. The first-order valence-electron chi connectivity index (χ1n) is 10.2. The molecular formula is C27H21N3OS. The van der Waals surface area contributed by atoms with Crippen molar-refractivity contribution < 1.29 is 4.79 Å². The van der Waals surface area contributed by atoms with Gasteiger partial charge in [-0.25, -0.2) is 4.98 Å². The maximum atomic E-state index is 12.5. The van der Waals surface area contributed by atoms with Gasteiger partial charge in [-0.05, 0) is 30.7 Å². The minimum Gasteiger partial charge on any atom is -0.325 e. The number of carbonyl (C=O) groups is 1. The molecule has 3 aromatic carbocycles. The number of anilines is 1. The first-order chi connectivity index (χ1) is 15.6. The average molecular weight is 436 g/mol. The Bertz CT molecular complexity index is 1260. The largest absolute Gasteiger partial charge is 0.325 e. The number of rotatable bonds is 6. The fourth-order valence-corrected chi connectivity index (χ4v) is 4.11. The summed E-state index contributed by atoms with van der Waals surface area (Å²) in [6.07, 6.45) is 0. The molecule has 0 saturated carbocycles. The van der Waals surface area contributed by atoms with Crippen molar-refractivity contribution >= 4 is 23.4 Å². The zero-order chi connectivity index (χ0) is 22.3. The van der Waals surface area contributed by atoms with Gasteiger partial charge in [-0.2, -0.15) is 5.26 Å². The van der Waals surface area contributed by atoms with Crippen molar-refractivity contribution in [2.75, 3.05) is 11.1 Å². The van der Waals surface area contributed by atoms with Crippen LogP contribution in [0.2, 0.25) is 0 Å². The number of carbonyl (C=O) groups excluding carboxylic acids is 1. The minimum atomic E-state index is -0.145. The van der Waals surface area contributed by atoms with Crippen molar-refractivity contribution in [3.05, 3.63) is 102 Å². The number of aryl methyl sites for hydroxylation is 1. The predicted octanol–water partition coefficient (Wildman–Crippen LogP) is 6.33. The van der Waals surface area contributed by atoms with Crippen molar-refractivity contribution in [3.63, 3.8) is 0 Å². The minimum absolute atomic E-state index is 0.145. The zero-order valence-electron chi connectivity index (χ0n) is 17.6. The van der Waals surface area contributed by atoms with Crippen LogP contribution in [0.3, 0.4) is 0 Å². The molecule has 0 radical (unpaired) electrons. The molecule has 0 spiro atoms. The van der Waals surface area contributed by atoms with Crippen LogP contribution < -0.4 is 5.32 Å². The summed E-state index contributed by atoms with van der Waals surface area (Å²) in [5, 5.41) is 13.4. The normalized spacial score (nSPS) is 10.4. The molecule has 0 atom stereocenters. The van der Waals surface area contributed by atoms with Gasteiger partial charge in [0.05, 0.1) is 17.0 Å². The molecule has 1 aromatic heterocycles. The number of benzene rings is 3. The van der Waals surface area contributed by atoms with Crippen molar-refractivity contribution in [1.82, 2.24) is 4.98 Å². The van der Waals surface area contributed by atoms with Gasteiger partial charge in [-0.1, -0.05) is 90.1 Å². The summed E-state index contributed by atoms with van der Waals surface area (Å²) in [6, 6.07) is 31.5. The van der Waals surface area contributed by atoms with Crippen LogP contribution in [0.4, 0.5) is 5.69 Å². The van der Waals surface area contributed by atoms with Crippen LogP contribution >= 0.6 is 11.8 Å². The molecule has 5 heteroatoms. The lowest BCUT2D eigenvalue weighted by Gasteiger charge is -2.13. The second-order valence-electron chi connectivity index (χ2n) is 7.28. The number of hydrogen-bond donors (Lipinski definition) is 1. The Morgan fingerprint density at radius 2 is 1.59 bits per heavy atom. The number of amides is 1. The molecule has 0 fully saturated rings. The van der Waals surface area contributed by atoms with E-state index in [1.165, 1.54) is 11.8 Å². The Balaban J connectivity index is 1.69. The molecule has 4 aromatic rings. The van der Waals surface area contributed by atoms with Crippen LogP contribution in [0.1, 0.15) is 11.1 Å². The maximum absolute atomic E-state index is 12.5. The molecule has 0 aliphatic heterocycles. The number of nitrogens with zero attached hydrogens (tertiary/aromatic N) is 2. The summed E-state index contributed by atoms with van der Waals surface area (Å²) in [4.78, 5) is 17.3. The molecule has 1 heterocycles. The van der Waals surface area contributed by atoms with Crippen molar-refractivity contribution in [1.29, 1.82) is 5.26 Å². The van der Waals surface area contributed by atoms with Gasteiger partial charge < -0.3 is 5.32 Å². The monoisotopic (exact) mass is 435 g/mol. The summed E-state index contributed by atoms with van der Waals surface area (Å²) >= 11 is 1.27. The molecule has 156 valence electrons. The van der Waals surface area contributed by atoms with Gasteiger partial charge in [0, 0.05) is 16.8 Å². The van der Waals surface area contributed by atoms with Crippen LogP contribution in [-0.2, 0) is 4.79 Å². The second-order valence-corrected chi connectivity index (χ2v) is 8.25. The Morgan fingerprint density at radius 1 is 0.938 bits per heavy atom. The molecule has 0 saturated heterocycles. The van der Waals surface area contributed by atoms with E-state index in [1.54, 1.807) is 0 Å². The van der Waals surface area contributed by atoms with E-state index in [4.69, 9.17) is 4.98 Å². The van der Waals surface area contributed by atoms with Gasteiger partial charge >= 0.3 is 0 Å². The van der Waals surface area contributed by atoms with E-state index in [0.717, 1.165) is 33.6 Å². The van der Waals surface area contributed by atoms with Gasteiger partial charge in [-0.3, -0.25) is 4.79 Å². The fourth-order valence-electron chi connectivity index (χ4n) is 3.30. The lowest BCUT2D eigenvalue weighted by Crippen LogP contribution is -2.14. The summed E-state index contributed by atoms with van der Waals surface area (Å²) in [6.45, 7) is 2.04. The van der Waals surface area contributed by atoms with E-state index in [2.05, 4.69) is 11.4 Å². The van der Waals surface area contributed by atoms with E-state index in [9.17, 15) is 10.1 Å². The quantitative estimate of drug-likeness (QED) is 0.360. The summed E-state index contributed by atoms with van der Waals surface area (Å²) in [5.74, 6) is 0.0104. The highest BCUT2D eigenvalue weighted by Crippen LogP contribution is 2.34. The third-order valence-corrected chi connectivity index (χ3v) is 5.90. The van der Waals surface area contributed by atoms with Gasteiger partial charge in [0.25, 0.3) is 0 Å². The Labute approximate surface area is 192 Å². The van der Waals surface area contributed by atoms with E-state index in [1.807, 2.05) is 97.9 Å². The van der Waals surface area contributed by atoms with Crippen molar-refractivity contribution in [3.8, 4) is 28.5 Å². The highest BCUT2D eigenvalue weighted by Gasteiger charge is 2.17. The van der Waals surface area contributed by atoms with Crippen LogP contribution in [0, 0.1) is 18.3 Å². The lowest BCUT2D eigenvalue weighted by atomic mass is 9.99. The number of pyridine rings is 1. The molecule has 0 aliphatic rings. The van der Waals surface area contributed by atoms with Crippen LogP contribution in [0.5, 0.6) is 0 Å². The van der Waals surface area contributed by atoms with Gasteiger partial charge in [-0.15, -0.1) is 0 Å². The highest BCUT2D eigenvalue weighted by atomic mass is 32.2. The summed E-state index contributed by atoms with van der Waals surface area (Å²) < 4.78 is 0. The van der Waals surface area contributed by atoms with Gasteiger partial charge in [0.1, 0.15) is 11.1 Å². The van der Waals surface area contributed by atoms with Gasteiger partial charge in [0.15, 0.2) is 0 Å². The third kappa shape index (κ3) is 5.05. The standard InChI is InChI=1S/C27H21N3OS/c1-19-12-14-21(15-13-19)25-16-23(20-8-4-2-5-9-20)24(17-28)27(30-25)32-18-26(31)29-22-10-6-3-7-11-22/h2-16H,18H2,1H3,(H,29,31). The van der Waals surface area contributed by atoms with E-state index >= 15 is 0 Å². The number of nitrogens with one attached hydrogen (secondary N) is 1. The second kappa shape index (κ2) is 9.95. The molecule has 32 heavy (non-hydrogen) atoms. The molecule has 4 rings (SSSR count). The predicted molar refractivity (Wildman–Crippen MR) is 130 cm³/mol. The van der Waals surface area contributed by atoms with E-state index in [0.29, 0.717) is 10.6 Å². The molecule has 0 bridgehead atoms. The molecular weight excluding hydrogens is 414 g/mol. The highest BCUT2D eigenvalue weighted by molar-refractivity contribution is 8.00. The first-order valence-corrected chi connectivity index (χ1v) is 11.2. The van der Waals surface area contributed by atoms with Crippen LogP contribution in [0.25, 0.3) is 22.4 Å². The molecule has 1 amide bonds.